The highest BCUT2D eigenvalue weighted by Crippen LogP contribution is 2.28. The molecule has 5 nitrogen and oxygen atoms in total. The molecule has 5 heteroatoms. The van der Waals surface area contributed by atoms with E-state index in [2.05, 4.69) is 12.1 Å². The van der Waals surface area contributed by atoms with Gasteiger partial charge in [-0.1, -0.05) is 29.8 Å². The van der Waals surface area contributed by atoms with Crippen LogP contribution in [0.3, 0.4) is 0 Å². The van der Waals surface area contributed by atoms with Gasteiger partial charge in [0.05, 0.1) is 18.8 Å². The van der Waals surface area contributed by atoms with Crippen molar-refractivity contribution in [2.45, 2.75) is 26.5 Å². The predicted octanol–water partition coefficient (Wildman–Crippen LogP) is 2.71. The van der Waals surface area contributed by atoms with Gasteiger partial charge in [0.1, 0.15) is 17.9 Å². The zero-order valence-electron chi connectivity index (χ0n) is 13.2. The standard InChI is InChI=1S/C17H21N3O2/c1-12-5-4-6-14(7-12)10-20-15(9-18)8-16(19)17(20)22-13(2)11-21-3/h4-8,13H,10-11,19H2,1-3H3. The monoisotopic (exact) mass is 299 g/mol. The molecule has 0 aliphatic heterocycles. The summed E-state index contributed by atoms with van der Waals surface area (Å²) in [6.07, 6.45) is -0.148. The maximum atomic E-state index is 9.32. The van der Waals surface area contributed by atoms with Crippen LogP contribution < -0.4 is 10.5 Å². The molecule has 0 spiro atoms. The average molecular weight is 299 g/mol. The number of hydrogen-bond donors (Lipinski definition) is 1. The van der Waals surface area contributed by atoms with Gasteiger partial charge < -0.3 is 15.2 Å². The van der Waals surface area contributed by atoms with Crippen LogP contribution in [-0.2, 0) is 11.3 Å². The lowest BCUT2D eigenvalue weighted by molar-refractivity contribution is 0.0869. The van der Waals surface area contributed by atoms with Crippen LogP contribution in [0.2, 0.25) is 0 Å². The third-order valence-electron chi connectivity index (χ3n) is 3.33. The van der Waals surface area contributed by atoms with Crippen molar-refractivity contribution in [2.75, 3.05) is 19.5 Å². The third kappa shape index (κ3) is 3.60. The third-order valence-corrected chi connectivity index (χ3v) is 3.33. The van der Waals surface area contributed by atoms with E-state index in [1.54, 1.807) is 17.7 Å². The van der Waals surface area contributed by atoms with E-state index in [1.165, 1.54) is 5.56 Å². The molecule has 2 rings (SSSR count). The van der Waals surface area contributed by atoms with Crippen LogP contribution in [0.5, 0.6) is 5.88 Å². The Morgan fingerprint density at radius 2 is 2.14 bits per heavy atom. The Morgan fingerprint density at radius 1 is 1.36 bits per heavy atom. The van der Waals surface area contributed by atoms with Crippen molar-refractivity contribution in [3.63, 3.8) is 0 Å². The fourth-order valence-corrected chi connectivity index (χ4v) is 2.39. The van der Waals surface area contributed by atoms with Gasteiger partial charge in [-0.15, -0.1) is 0 Å². The number of nitrogens with two attached hydrogens (primary N) is 1. The van der Waals surface area contributed by atoms with Gasteiger partial charge in [-0.2, -0.15) is 5.26 Å². The zero-order valence-corrected chi connectivity index (χ0v) is 13.2. The minimum absolute atomic E-state index is 0.148. The molecule has 0 aliphatic rings. The Labute approximate surface area is 130 Å². The van der Waals surface area contributed by atoms with Crippen LogP contribution >= 0.6 is 0 Å². The lowest BCUT2D eigenvalue weighted by atomic mass is 10.1. The zero-order chi connectivity index (χ0) is 16.1. The number of aromatic nitrogens is 1. The Morgan fingerprint density at radius 3 is 2.77 bits per heavy atom. The quantitative estimate of drug-likeness (QED) is 0.890. The second-order valence-corrected chi connectivity index (χ2v) is 5.36. The summed E-state index contributed by atoms with van der Waals surface area (Å²) in [6, 6.07) is 12.0. The van der Waals surface area contributed by atoms with Crippen molar-refractivity contribution in [1.29, 1.82) is 5.26 Å². The molecule has 2 aromatic rings. The van der Waals surface area contributed by atoms with Crippen LogP contribution in [0.4, 0.5) is 5.69 Å². The van der Waals surface area contributed by atoms with Crippen LogP contribution in [0.25, 0.3) is 0 Å². The topological polar surface area (TPSA) is 73.2 Å². The number of aryl methyl sites for hydroxylation is 1. The Bertz CT molecular complexity index is 686. The first kappa shape index (κ1) is 15.9. The minimum atomic E-state index is -0.148. The summed E-state index contributed by atoms with van der Waals surface area (Å²) in [5.74, 6) is 0.516. The van der Waals surface area contributed by atoms with E-state index in [0.29, 0.717) is 30.4 Å². The maximum absolute atomic E-state index is 9.32. The van der Waals surface area contributed by atoms with E-state index >= 15 is 0 Å². The first-order chi connectivity index (χ1) is 10.5. The van der Waals surface area contributed by atoms with Gasteiger partial charge in [0.25, 0.3) is 0 Å². The van der Waals surface area contributed by atoms with Crippen molar-refractivity contribution < 1.29 is 9.47 Å². The average Bonchev–Trinajstić information content (AvgIpc) is 2.76. The summed E-state index contributed by atoms with van der Waals surface area (Å²) in [7, 11) is 1.62. The number of ether oxygens (including phenoxy) is 2. The Kier molecular flexibility index (Phi) is 5.08. The van der Waals surface area contributed by atoms with Gasteiger partial charge in [0.15, 0.2) is 0 Å². The summed E-state index contributed by atoms with van der Waals surface area (Å²) in [5, 5.41) is 9.32. The summed E-state index contributed by atoms with van der Waals surface area (Å²) >= 11 is 0. The molecular formula is C17H21N3O2. The van der Waals surface area contributed by atoms with E-state index in [9.17, 15) is 5.26 Å². The van der Waals surface area contributed by atoms with Crippen molar-refractivity contribution in [3.05, 3.63) is 47.2 Å². The van der Waals surface area contributed by atoms with Gasteiger partial charge in [-0.3, -0.25) is 4.57 Å². The van der Waals surface area contributed by atoms with Crippen LogP contribution in [0.1, 0.15) is 23.7 Å². The van der Waals surface area contributed by atoms with Crippen molar-refractivity contribution in [2.24, 2.45) is 0 Å². The molecule has 0 fully saturated rings. The number of hydrogen-bond acceptors (Lipinski definition) is 4. The number of benzene rings is 1. The molecule has 22 heavy (non-hydrogen) atoms. The normalized spacial score (nSPS) is 11.9. The van der Waals surface area contributed by atoms with E-state index in [0.717, 1.165) is 5.56 Å². The lowest BCUT2D eigenvalue weighted by Crippen LogP contribution is -2.20. The molecule has 1 atom stereocenters. The lowest BCUT2D eigenvalue weighted by Gasteiger charge is -2.17. The van der Waals surface area contributed by atoms with Gasteiger partial charge >= 0.3 is 0 Å². The number of rotatable bonds is 6. The number of nitriles is 1. The number of anilines is 1. The molecular weight excluding hydrogens is 278 g/mol. The van der Waals surface area contributed by atoms with Gasteiger partial charge in [0, 0.05) is 13.2 Å². The predicted molar refractivity (Wildman–Crippen MR) is 85.8 cm³/mol. The molecule has 116 valence electrons. The highest BCUT2D eigenvalue weighted by Gasteiger charge is 2.17. The second-order valence-electron chi connectivity index (χ2n) is 5.36. The fraction of sp³-hybridized carbons (Fsp3) is 0.353. The van der Waals surface area contributed by atoms with E-state index < -0.39 is 0 Å². The molecule has 0 saturated carbocycles. The SMILES string of the molecule is COCC(C)Oc1c(N)cc(C#N)n1Cc1cccc(C)c1. The molecule has 0 amide bonds. The van der Waals surface area contributed by atoms with Gasteiger partial charge in [-0.25, -0.2) is 0 Å². The van der Waals surface area contributed by atoms with Crippen molar-refractivity contribution >= 4 is 5.69 Å². The van der Waals surface area contributed by atoms with Gasteiger partial charge in [0.2, 0.25) is 5.88 Å². The summed E-state index contributed by atoms with van der Waals surface area (Å²) < 4.78 is 12.7. The van der Waals surface area contributed by atoms with Crippen molar-refractivity contribution in [3.8, 4) is 11.9 Å². The molecule has 0 saturated heterocycles. The maximum Gasteiger partial charge on any atom is 0.219 e. The molecule has 0 aliphatic carbocycles. The van der Waals surface area contributed by atoms with Gasteiger partial charge in [-0.05, 0) is 19.4 Å². The van der Waals surface area contributed by atoms with E-state index in [1.807, 2.05) is 32.0 Å². The van der Waals surface area contributed by atoms with Crippen LogP contribution in [-0.4, -0.2) is 24.4 Å². The largest absolute Gasteiger partial charge is 0.472 e. The molecule has 1 aromatic heterocycles. The first-order valence-electron chi connectivity index (χ1n) is 7.15. The summed E-state index contributed by atoms with van der Waals surface area (Å²) in [5.41, 5.74) is 9.22. The molecule has 0 radical (unpaired) electrons. The van der Waals surface area contributed by atoms with E-state index in [-0.39, 0.29) is 6.10 Å². The Hall–Kier alpha value is -2.45. The van der Waals surface area contributed by atoms with Crippen LogP contribution in [0.15, 0.2) is 30.3 Å². The molecule has 0 bridgehead atoms. The summed E-state index contributed by atoms with van der Waals surface area (Å²) in [6.45, 7) is 4.93. The number of methoxy groups -OCH3 is 1. The number of nitrogens with zero attached hydrogens (tertiary/aromatic N) is 2. The smallest absolute Gasteiger partial charge is 0.219 e. The molecule has 2 N–H and O–H groups in total. The molecule has 1 unspecified atom stereocenters. The number of nitrogen functional groups attached to an aromatic ring is 1. The highest BCUT2D eigenvalue weighted by molar-refractivity contribution is 5.55. The molecule has 1 heterocycles. The Balaban J connectivity index is 2.34. The minimum Gasteiger partial charge on any atom is -0.472 e. The second kappa shape index (κ2) is 7.01. The fourth-order valence-electron chi connectivity index (χ4n) is 2.39. The molecule has 1 aromatic carbocycles. The van der Waals surface area contributed by atoms with Crippen molar-refractivity contribution in [1.82, 2.24) is 4.57 Å². The first-order valence-corrected chi connectivity index (χ1v) is 7.15. The van der Waals surface area contributed by atoms with E-state index in [4.69, 9.17) is 15.2 Å². The summed E-state index contributed by atoms with van der Waals surface area (Å²) in [4.78, 5) is 0. The highest BCUT2D eigenvalue weighted by atomic mass is 16.5. The van der Waals surface area contributed by atoms with Crippen LogP contribution in [0, 0.1) is 18.3 Å².